The molecule has 1 heterocycles. The average molecular weight is 259 g/mol. The Kier molecular flexibility index (Phi) is 3.62. The normalized spacial score (nSPS) is 11.5. The lowest BCUT2D eigenvalue weighted by Crippen LogP contribution is -2.10. The van der Waals surface area contributed by atoms with Gasteiger partial charge in [0.2, 0.25) is 0 Å². The minimum absolute atomic E-state index is 0.185. The molecule has 0 bridgehead atoms. The van der Waals surface area contributed by atoms with Gasteiger partial charge in [-0.3, -0.25) is 4.79 Å². The fraction of sp³-hybridized carbons (Fsp3) is 0.333. The molecule has 0 atom stereocenters. The lowest BCUT2D eigenvalue weighted by molar-refractivity contribution is 0.111. The van der Waals surface area contributed by atoms with Gasteiger partial charge in [-0.25, -0.2) is 4.98 Å². The van der Waals surface area contributed by atoms with Crippen molar-refractivity contribution in [1.29, 1.82) is 0 Å². The van der Waals surface area contributed by atoms with Crippen LogP contribution in [0.5, 0.6) is 0 Å². The summed E-state index contributed by atoms with van der Waals surface area (Å²) in [6.07, 6.45) is 1.59. The van der Waals surface area contributed by atoms with E-state index in [1.165, 1.54) is 22.5 Å². The highest BCUT2D eigenvalue weighted by Gasteiger charge is 2.13. The Labute approximate surface area is 112 Å². The smallest absolute Gasteiger partial charge is 0.169 e. The lowest BCUT2D eigenvalue weighted by atomic mass is 9.86. The van der Waals surface area contributed by atoms with Gasteiger partial charge in [-0.05, 0) is 16.5 Å². The zero-order valence-electron chi connectivity index (χ0n) is 10.9. The summed E-state index contributed by atoms with van der Waals surface area (Å²) < 4.78 is 0. The van der Waals surface area contributed by atoms with E-state index in [2.05, 4.69) is 50.0 Å². The van der Waals surface area contributed by atoms with Crippen molar-refractivity contribution >= 4 is 17.6 Å². The van der Waals surface area contributed by atoms with Crippen LogP contribution in [0.3, 0.4) is 0 Å². The van der Waals surface area contributed by atoms with Crippen LogP contribution in [0.2, 0.25) is 0 Å². The highest BCUT2D eigenvalue weighted by Crippen LogP contribution is 2.23. The molecule has 0 saturated carbocycles. The number of aldehydes is 1. The predicted molar refractivity (Wildman–Crippen MR) is 75.4 cm³/mol. The van der Waals surface area contributed by atoms with Gasteiger partial charge in [-0.1, -0.05) is 45.0 Å². The molecule has 0 aliphatic rings. The average Bonchev–Trinajstić information content (AvgIpc) is 2.76. The maximum Gasteiger partial charge on any atom is 0.169 e. The number of carbonyl (C=O) groups excluding carboxylic acids is 1. The van der Waals surface area contributed by atoms with Crippen molar-refractivity contribution in [3.63, 3.8) is 0 Å². The van der Waals surface area contributed by atoms with Gasteiger partial charge < -0.3 is 0 Å². The molecule has 0 aliphatic heterocycles. The first-order valence-electron chi connectivity index (χ1n) is 5.98. The third-order valence-corrected chi connectivity index (χ3v) is 3.73. The monoisotopic (exact) mass is 259 g/mol. The molecule has 0 spiro atoms. The first kappa shape index (κ1) is 13.0. The number of thiazole rings is 1. The lowest BCUT2D eigenvalue weighted by Gasteiger charge is -2.19. The van der Waals surface area contributed by atoms with Gasteiger partial charge in [0.15, 0.2) is 6.29 Å². The van der Waals surface area contributed by atoms with Crippen molar-refractivity contribution in [3.8, 4) is 0 Å². The Balaban J connectivity index is 2.13. The Morgan fingerprint density at radius 3 is 2.39 bits per heavy atom. The second-order valence-corrected chi connectivity index (χ2v) is 6.35. The molecule has 0 aliphatic carbocycles. The van der Waals surface area contributed by atoms with E-state index in [-0.39, 0.29) is 5.41 Å². The van der Waals surface area contributed by atoms with Crippen molar-refractivity contribution in [2.75, 3.05) is 0 Å². The number of hydrogen-bond acceptors (Lipinski definition) is 3. The molecule has 2 rings (SSSR count). The molecular weight excluding hydrogens is 242 g/mol. The Morgan fingerprint density at radius 1 is 1.22 bits per heavy atom. The van der Waals surface area contributed by atoms with Crippen molar-refractivity contribution in [1.82, 2.24) is 4.98 Å². The van der Waals surface area contributed by atoms with E-state index in [0.717, 1.165) is 17.7 Å². The Bertz CT molecular complexity index is 534. The summed E-state index contributed by atoms with van der Waals surface area (Å²) >= 11 is 1.54. The molecule has 94 valence electrons. The number of benzene rings is 1. The van der Waals surface area contributed by atoms with E-state index in [4.69, 9.17) is 0 Å². The Morgan fingerprint density at radius 2 is 1.89 bits per heavy atom. The third kappa shape index (κ3) is 3.05. The summed E-state index contributed by atoms with van der Waals surface area (Å²) in [5.41, 5.74) is 3.28. The summed E-state index contributed by atoms with van der Waals surface area (Å²) in [6.45, 7) is 6.62. The molecular formula is C15H17NOS. The summed E-state index contributed by atoms with van der Waals surface area (Å²) in [6, 6.07) is 8.62. The van der Waals surface area contributed by atoms with Crippen molar-refractivity contribution in [2.45, 2.75) is 32.6 Å². The van der Waals surface area contributed by atoms with Crippen molar-refractivity contribution in [3.05, 3.63) is 51.5 Å². The fourth-order valence-electron chi connectivity index (χ4n) is 1.76. The number of aromatic nitrogens is 1. The van der Waals surface area contributed by atoms with E-state index in [1.807, 2.05) is 0 Å². The SMILES string of the molecule is CC(C)(C)c1ccc(Cc2nc(C=O)cs2)cc1. The van der Waals surface area contributed by atoms with E-state index in [9.17, 15) is 4.79 Å². The maximum atomic E-state index is 10.6. The number of carbonyl (C=O) groups is 1. The van der Waals surface area contributed by atoms with Crippen LogP contribution < -0.4 is 0 Å². The van der Waals surface area contributed by atoms with Gasteiger partial charge in [0.25, 0.3) is 0 Å². The molecule has 0 fully saturated rings. The van der Waals surface area contributed by atoms with Gasteiger partial charge in [-0.15, -0.1) is 11.3 Å². The van der Waals surface area contributed by atoms with Crippen LogP contribution in [0.1, 0.15) is 47.4 Å². The van der Waals surface area contributed by atoms with Crippen LogP contribution in [0.25, 0.3) is 0 Å². The maximum absolute atomic E-state index is 10.6. The van der Waals surface area contributed by atoms with Gasteiger partial charge >= 0.3 is 0 Å². The second-order valence-electron chi connectivity index (χ2n) is 5.41. The van der Waals surface area contributed by atoms with Crippen LogP contribution >= 0.6 is 11.3 Å². The van der Waals surface area contributed by atoms with Gasteiger partial charge in [0.1, 0.15) is 5.69 Å². The van der Waals surface area contributed by atoms with Crippen molar-refractivity contribution < 1.29 is 4.79 Å². The highest BCUT2D eigenvalue weighted by molar-refractivity contribution is 7.09. The zero-order valence-corrected chi connectivity index (χ0v) is 11.8. The standard InChI is InChI=1S/C15H17NOS/c1-15(2,3)12-6-4-11(5-7-12)8-14-16-13(9-17)10-18-14/h4-7,9-10H,8H2,1-3H3. The molecule has 0 saturated heterocycles. The molecule has 0 unspecified atom stereocenters. The summed E-state index contributed by atoms with van der Waals surface area (Å²) in [4.78, 5) is 14.8. The molecule has 3 heteroatoms. The first-order valence-corrected chi connectivity index (χ1v) is 6.86. The summed E-state index contributed by atoms with van der Waals surface area (Å²) in [5.74, 6) is 0. The molecule has 0 radical (unpaired) electrons. The van der Waals surface area contributed by atoms with Crippen LogP contribution in [-0.4, -0.2) is 11.3 Å². The van der Waals surface area contributed by atoms with E-state index in [1.54, 1.807) is 5.38 Å². The van der Waals surface area contributed by atoms with E-state index < -0.39 is 0 Å². The molecule has 1 aromatic heterocycles. The van der Waals surface area contributed by atoms with Gasteiger partial charge in [0, 0.05) is 11.8 Å². The third-order valence-electron chi connectivity index (χ3n) is 2.87. The largest absolute Gasteiger partial charge is 0.296 e. The van der Waals surface area contributed by atoms with Crippen LogP contribution in [0.4, 0.5) is 0 Å². The van der Waals surface area contributed by atoms with Crippen LogP contribution in [0.15, 0.2) is 29.6 Å². The minimum atomic E-state index is 0.185. The summed E-state index contributed by atoms with van der Waals surface area (Å²) in [5, 5.41) is 2.78. The molecule has 0 N–H and O–H groups in total. The van der Waals surface area contributed by atoms with Crippen LogP contribution in [0, 0.1) is 0 Å². The minimum Gasteiger partial charge on any atom is -0.296 e. The Hall–Kier alpha value is -1.48. The number of nitrogens with zero attached hydrogens (tertiary/aromatic N) is 1. The summed E-state index contributed by atoms with van der Waals surface area (Å²) in [7, 11) is 0. The van der Waals surface area contributed by atoms with Gasteiger partial charge in [0.05, 0.1) is 5.01 Å². The molecule has 1 aromatic carbocycles. The van der Waals surface area contributed by atoms with Crippen LogP contribution in [-0.2, 0) is 11.8 Å². The topological polar surface area (TPSA) is 30.0 Å². The van der Waals surface area contributed by atoms with Gasteiger partial charge in [-0.2, -0.15) is 0 Å². The molecule has 2 aromatic rings. The number of hydrogen-bond donors (Lipinski definition) is 0. The highest BCUT2D eigenvalue weighted by atomic mass is 32.1. The first-order chi connectivity index (χ1) is 8.49. The zero-order chi connectivity index (χ0) is 13.2. The quantitative estimate of drug-likeness (QED) is 0.784. The molecule has 0 amide bonds. The predicted octanol–water partition coefficient (Wildman–Crippen LogP) is 3.84. The van der Waals surface area contributed by atoms with E-state index >= 15 is 0 Å². The number of rotatable bonds is 3. The van der Waals surface area contributed by atoms with E-state index in [0.29, 0.717) is 5.69 Å². The fourth-order valence-corrected chi connectivity index (χ4v) is 2.53. The second kappa shape index (κ2) is 5.02. The molecule has 2 nitrogen and oxygen atoms in total. The van der Waals surface area contributed by atoms with Crippen molar-refractivity contribution in [2.24, 2.45) is 0 Å². The molecule has 18 heavy (non-hydrogen) atoms.